The minimum absolute atomic E-state index is 0.0854. The molecule has 1 aliphatic carbocycles. The van der Waals surface area contributed by atoms with Crippen LogP contribution >= 0.6 is 0 Å². The zero-order valence-corrected chi connectivity index (χ0v) is 8.36. The van der Waals surface area contributed by atoms with Gasteiger partial charge in [-0.05, 0) is 31.1 Å². The standard InChI is InChI=1S/C10H19NO2/c1-6(2)7-3-8(10(12)13)5-9(11)4-7/h6-9H,3-5,11H2,1-2H3,(H,12,13). The number of nitrogens with two attached hydrogens (primary N) is 1. The van der Waals surface area contributed by atoms with E-state index in [0.29, 0.717) is 18.3 Å². The minimum atomic E-state index is -0.680. The predicted octanol–water partition coefficient (Wildman–Crippen LogP) is 1.47. The van der Waals surface area contributed by atoms with Crippen LogP contribution in [0.4, 0.5) is 0 Å². The number of rotatable bonds is 2. The number of aliphatic carboxylic acids is 1. The molecule has 3 nitrogen and oxygen atoms in total. The largest absolute Gasteiger partial charge is 0.481 e. The third-order valence-electron chi connectivity index (χ3n) is 3.07. The molecule has 0 saturated heterocycles. The van der Waals surface area contributed by atoms with Crippen LogP contribution in [0.15, 0.2) is 0 Å². The van der Waals surface area contributed by atoms with E-state index in [9.17, 15) is 4.79 Å². The van der Waals surface area contributed by atoms with Gasteiger partial charge >= 0.3 is 5.97 Å². The van der Waals surface area contributed by atoms with Gasteiger partial charge in [-0.3, -0.25) is 4.79 Å². The molecule has 0 bridgehead atoms. The molecule has 0 aromatic carbocycles. The number of hydrogen-bond acceptors (Lipinski definition) is 2. The van der Waals surface area contributed by atoms with Gasteiger partial charge in [0.15, 0.2) is 0 Å². The Bertz CT molecular complexity index is 191. The molecule has 3 atom stereocenters. The SMILES string of the molecule is CC(C)C1CC(N)CC(C(=O)O)C1. The number of carboxylic acids is 1. The van der Waals surface area contributed by atoms with Gasteiger partial charge < -0.3 is 10.8 Å². The molecule has 0 heterocycles. The maximum Gasteiger partial charge on any atom is 0.306 e. The first kappa shape index (κ1) is 10.5. The molecule has 1 saturated carbocycles. The highest BCUT2D eigenvalue weighted by atomic mass is 16.4. The van der Waals surface area contributed by atoms with Gasteiger partial charge in [0, 0.05) is 6.04 Å². The van der Waals surface area contributed by atoms with Crippen LogP contribution < -0.4 is 5.73 Å². The van der Waals surface area contributed by atoms with Crippen molar-refractivity contribution in [3.05, 3.63) is 0 Å². The second kappa shape index (κ2) is 4.09. The molecule has 76 valence electrons. The van der Waals surface area contributed by atoms with Crippen LogP contribution in [0.3, 0.4) is 0 Å². The van der Waals surface area contributed by atoms with Gasteiger partial charge in [-0.25, -0.2) is 0 Å². The van der Waals surface area contributed by atoms with Crippen molar-refractivity contribution in [3.8, 4) is 0 Å². The smallest absolute Gasteiger partial charge is 0.306 e. The van der Waals surface area contributed by atoms with Crippen LogP contribution in [0.25, 0.3) is 0 Å². The Hall–Kier alpha value is -0.570. The quantitative estimate of drug-likeness (QED) is 0.684. The van der Waals surface area contributed by atoms with E-state index in [-0.39, 0.29) is 12.0 Å². The second-order valence-corrected chi connectivity index (χ2v) is 4.51. The normalized spacial score (nSPS) is 34.9. The third kappa shape index (κ3) is 2.69. The summed E-state index contributed by atoms with van der Waals surface area (Å²) in [7, 11) is 0. The maximum atomic E-state index is 10.8. The molecule has 13 heavy (non-hydrogen) atoms. The molecule has 1 rings (SSSR count). The summed E-state index contributed by atoms with van der Waals surface area (Å²) in [5.41, 5.74) is 5.83. The van der Waals surface area contributed by atoms with E-state index in [1.54, 1.807) is 0 Å². The van der Waals surface area contributed by atoms with Crippen LogP contribution in [0, 0.1) is 17.8 Å². The molecule has 0 aliphatic heterocycles. The molecule has 0 aromatic heterocycles. The lowest BCUT2D eigenvalue weighted by atomic mass is 9.74. The van der Waals surface area contributed by atoms with Crippen molar-refractivity contribution in [1.82, 2.24) is 0 Å². The van der Waals surface area contributed by atoms with Gasteiger partial charge in [-0.15, -0.1) is 0 Å². The van der Waals surface area contributed by atoms with Crippen LogP contribution in [-0.4, -0.2) is 17.1 Å². The highest BCUT2D eigenvalue weighted by Crippen LogP contribution is 2.33. The molecule has 3 unspecified atom stereocenters. The van der Waals surface area contributed by atoms with Crippen LogP contribution in [0.1, 0.15) is 33.1 Å². The van der Waals surface area contributed by atoms with Gasteiger partial charge in [-0.1, -0.05) is 13.8 Å². The number of carboxylic acid groups (broad SMARTS) is 1. The zero-order chi connectivity index (χ0) is 10.0. The first-order chi connectivity index (χ1) is 6.00. The Morgan fingerprint density at radius 2 is 2.00 bits per heavy atom. The summed E-state index contributed by atoms with van der Waals surface area (Å²) in [5, 5.41) is 8.90. The fraction of sp³-hybridized carbons (Fsp3) is 0.900. The lowest BCUT2D eigenvalue weighted by molar-refractivity contribution is -0.143. The molecular formula is C10H19NO2. The van der Waals surface area contributed by atoms with Crippen molar-refractivity contribution >= 4 is 5.97 Å². The predicted molar refractivity (Wildman–Crippen MR) is 51.3 cm³/mol. The first-order valence-corrected chi connectivity index (χ1v) is 4.99. The van der Waals surface area contributed by atoms with E-state index < -0.39 is 5.97 Å². The second-order valence-electron chi connectivity index (χ2n) is 4.51. The van der Waals surface area contributed by atoms with Crippen molar-refractivity contribution in [2.45, 2.75) is 39.2 Å². The highest BCUT2D eigenvalue weighted by molar-refractivity contribution is 5.70. The van der Waals surface area contributed by atoms with Gasteiger partial charge in [-0.2, -0.15) is 0 Å². The molecule has 1 fully saturated rings. The number of carbonyl (C=O) groups is 1. The minimum Gasteiger partial charge on any atom is -0.481 e. The van der Waals surface area contributed by atoms with Gasteiger partial charge in [0.1, 0.15) is 0 Å². The molecule has 0 amide bonds. The van der Waals surface area contributed by atoms with Crippen LogP contribution in [-0.2, 0) is 4.79 Å². The van der Waals surface area contributed by atoms with Crippen molar-refractivity contribution in [2.24, 2.45) is 23.5 Å². The third-order valence-corrected chi connectivity index (χ3v) is 3.07. The summed E-state index contributed by atoms with van der Waals surface area (Å²) in [6.07, 6.45) is 2.45. The molecule has 0 spiro atoms. The summed E-state index contributed by atoms with van der Waals surface area (Å²) in [6, 6.07) is 0.0854. The molecular weight excluding hydrogens is 166 g/mol. The first-order valence-electron chi connectivity index (χ1n) is 4.99. The summed E-state index contributed by atoms with van der Waals surface area (Å²) in [6.45, 7) is 4.28. The van der Waals surface area contributed by atoms with Gasteiger partial charge in [0.25, 0.3) is 0 Å². The monoisotopic (exact) mass is 185 g/mol. The summed E-state index contributed by atoms with van der Waals surface area (Å²) in [5.74, 6) is 0.148. The van der Waals surface area contributed by atoms with E-state index in [2.05, 4.69) is 13.8 Å². The molecule has 0 aromatic rings. The van der Waals surface area contributed by atoms with Crippen LogP contribution in [0.2, 0.25) is 0 Å². The Labute approximate surface area is 79.3 Å². The fourth-order valence-electron chi connectivity index (χ4n) is 2.15. The van der Waals surface area contributed by atoms with E-state index >= 15 is 0 Å². The molecule has 3 N–H and O–H groups in total. The van der Waals surface area contributed by atoms with E-state index in [1.165, 1.54) is 0 Å². The summed E-state index contributed by atoms with van der Waals surface area (Å²) < 4.78 is 0. The average molecular weight is 185 g/mol. The van der Waals surface area contributed by atoms with Crippen molar-refractivity contribution in [1.29, 1.82) is 0 Å². The Morgan fingerprint density at radius 3 is 2.46 bits per heavy atom. The van der Waals surface area contributed by atoms with Gasteiger partial charge in [0.2, 0.25) is 0 Å². The van der Waals surface area contributed by atoms with E-state index in [0.717, 1.165) is 12.8 Å². The van der Waals surface area contributed by atoms with E-state index in [4.69, 9.17) is 10.8 Å². The topological polar surface area (TPSA) is 63.3 Å². The van der Waals surface area contributed by atoms with Crippen molar-refractivity contribution < 1.29 is 9.90 Å². The maximum absolute atomic E-state index is 10.8. The Kier molecular flexibility index (Phi) is 3.31. The summed E-state index contributed by atoms with van der Waals surface area (Å²) >= 11 is 0. The lowest BCUT2D eigenvalue weighted by Gasteiger charge is -2.33. The number of hydrogen-bond donors (Lipinski definition) is 2. The molecule has 1 aliphatic rings. The Morgan fingerprint density at radius 1 is 1.38 bits per heavy atom. The molecule has 3 heteroatoms. The van der Waals surface area contributed by atoms with Crippen molar-refractivity contribution in [2.75, 3.05) is 0 Å². The molecule has 0 radical (unpaired) electrons. The fourth-order valence-corrected chi connectivity index (χ4v) is 2.15. The van der Waals surface area contributed by atoms with Crippen molar-refractivity contribution in [3.63, 3.8) is 0 Å². The zero-order valence-electron chi connectivity index (χ0n) is 8.36. The summed E-state index contributed by atoms with van der Waals surface area (Å²) in [4.78, 5) is 10.8. The lowest BCUT2D eigenvalue weighted by Crippen LogP contribution is -2.37. The van der Waals surface area contributed by atoms with Gasteiger partial charge in [0.05, 0.1) is 5.92 Å². The van der Waals surface area contributed by atoms with E-state index in [1.807, 2.05) is 0 Å². The highest BCUT2D eigenvalue weighted by Gasteiger charge is 2.32. The van der Waals surface area contributed by atoms with Crippen LogP contribution in [0.5, 0.6) is 0 Å². The average Bonchev–Trinajstić information content (AvgIpc) is 2.03. The Balaban J connectivity index is 2.57.